The van der Waals surface area contributed by atoms with E-state index in [0.717, 1.165) is 12.8 Å². The van der Waals surface area contributed by atoms with Crippen LogP contribution in [0.3, 0.4) is 0 Å². The molecule has 94 valence electrons. The minimum atomic E-state index is -0.606. The maximum absolute atomic E-state index is 12.1. The SMILES string of the molecule is CCCC(C#N)C(=O)N1CCCC1C(=O)NC. The molecular weight excluding hydrogens is 218 g/mol. The molecule has 0 spiro atoms. The minimum absolute atomic E-state index is 0.135. The first-order valence-electron chi connectivity index (χ1n) is 6.07. The average Bonchev–Trinajstić information content (AvgIpc) is 2.83. The number of amides is 2. The number of likely N-dealkylation sites (N-methyl/N-ethyl adjacent to an activating group) is 1. The van der Waals surface area contributed by atoms with Gasteiger partial charge in [0.15, 0.2) is 0 Å². The highest BCUT2D eigenvalue weighted by atomic mass is 16.2. The first-order chi connectivity index (χ1) is 8.15. The van der Waals surface area contributed by atoms with Crippen molar-refractivity contribution in [3.05, 3.63) is 0 Å². The number of rotatable bonds is 4. The second-order valence-electron chi connectivity index (χ2n) is 4.27. The van der Waals surface area contributed by atoms with E-state index in [-0.39, 0.29) is 17.9 Å². The minimum Gasteiger partial charge on any atom is -0.357 e. The Morgan fingerprint density at radius 1 is 1.59 bits per heavy atom. The van der Waals surface area contributed by atoms with E-state index in [9.17, 15) is 9.59 Å². The van der Waals surface area contributed by atoms with Crippen molar-refractivity contribution in [1.29, 1.82) is 5.26 Å². The third-order valence-electron chi connectivity index (χ3n) is 3.12. The third kappa shape index (κ3) is 2.96. The van der Waals surface area contributed by atoms with Crippen molar-refractivity contribution in [1.82, 2.24) is 10.2 Å². The van der Waals surface area contributed by atoms with Crippen molar-refractivity contribution >= 4 is 11.8 Å². The molecular formula is C12H19N3O2. The van der Waals surface area contributed by atoms with Gasteiger partial charge in [0.1, 0.15) is 12.0 Å². The molecule has 1 aliphatic rings. The largest absolute Gasteiger partial charge is 0.357 e. The molecule has 0 bridgehead atoms. The molecule has 5 heteroatoms. The van der Waals surface area contributed by atoms with Crippen LogP contribution >= 0.6 is 0 Å². The van der Waals surface area contributed by atoms with E-state index in [1.165, 1.54) is 0 Å². The molecule has 0 saturated carbocycles. The Morgan fingerprint density at radius 3 is 2.82 bits per heavy atom. The fraction of sp³-hybridized carbons (Fsp3) is 0.750. The van der Waals surface area contributed by atoms with Crippen LogP contribution < -0.4 is 5.32 Å². The highest BCUT2D eigenvalue weighted by molar-refractivity contribution is 5.89. The van der Waals surface area contributed by atoms with Gasteiger partial charge in [-0.25, -0.2) is 0 Å². The van der Waals surface area contributed by atoms with Crippen LogP contribution in [-0.2, 0) is 9.59 Å². The van der Waals surface area contributed by atoms with Crippen molar-refractivity contribution in [2.24, 2.45) is 5.92 Å². The number of carbonyl (C=O) groups is 2. The molecule has 2 amide bonds. The summed E-state index contributed by atoms with van der Waals surface area (Å²) < 4.78 is 0. The fourth-order valence-corrected chi connectivity index (χ4v) is 2.20. The zero-order chi connectivity index (χ0) is 12.8. The molecule has 2 unspecified atom stereocenters. The Labute approximate surface area is 102 Å². The van der Waals surface area contributed by atoms with Gasteiger partial charge in [0, 0.05) is 13.6 Å². The van der Waals surface area contributed by atoms with Crippen molar-refractivity contribution in [2.75, 3.05) is 13.6 Å². The van der Waals surface area contributed by atoms with Crippen LogP contribution in [-0.4, -0.2) is 36.3 Å². The fourth-order valence-electron chi connectivity index (χ4n) is 2.20. The monoisotopic (exact) mass is 237 g/mol. The van der Waals surface area contributed by atoms with Crippen LogP contribution in [0.2, 0.25) is 0 Å². The molecule has 0 radical (unpaired) electrons. The summed E-state index contributed by atoms with van der Waals surface area (Å²) in [5.74, 6) is -0.935. The van der Waals surface area contributed by atoms with Gasteiger partial charge in [-0.3, -0.25) is 9.59 Å². The topological polar surface area (TPSA) is 73.2 Å². The average molecular weight is 237 g/mol. The Hall–Kier alpha value is -1.57. The van der Waals surface area contributed by atoms with E-state index >= 15 is 0 Å². The van der Waals surface area contributed by atoms with E-state index in [4.69, 9.17) is 5.26 Å². The number of likely N-dealkylation sites (tertiary alicyclic amines) is 1. The lowest BCUT2D eigenvalue weighted by Crippen LogP contribution is -2.46. The first kappa shape index (κ1) is 13.5. The summed E-state index contributed by atoms with van der Waals surface area (Å²) >= 11 is 0. The Kier molecular flexibility index (Phi) is 4.95. The van der Waals surface area contributed by atoms with Crippen LogP contribution in [0.4, 0.5) is 0 Å². The maximum Gasteiger partial charge on any atom is 0.242 e. The Balaban J connectivity index is 2.74. The van der Waals surface area contributed by atoms with Crippen molar-refractivity contribution < 1.29 is 9.59 Å². The van der Waals surface area contributed by atoms with Crippen molar-refractivity contribution in [3.63, 3.8) is 0 Å². The zero-order valence-corrected chi connectivity index (χ0v) is 10.4. The summed E-state index contributed by atoms with van der Waals surface area (Å²) in [5, 5.41) is 11.5. The molecule has 0 aromatic heterocycles. The molecule has 1 saturated heterocycles. The number of carbonyl (C=O) groups excluding carboxylic acids is 2. The lowest BCUT2D eigenvalue weighted by molar-refractivity contribution is -0.140. The summed E-state index contributed by atoms with van der Waals surface area (Å²) in [6, 6.07) is 1.65. The molecule has 0 aromatic rings. The highest BCUT2D eigenvalue weighted by Crippen LogP contribution is 2.21. The molecule has 1 aliphatic heterocycles. The van der Waals surface area contributed by atoms with E-state index in [2.05, 4.69) is 5.32 Å². The molecule has 1 heterocycles. The number of hydrogen-bond donors (Lipinski definition) is 1. The van der Waals surface area contributed by atoms with Crippen LogP contribution in [0.25, 0.3) is 0 Å². The van der Waals surface area contributed by atoms with E-state index < -0.39 is 5.92 Å². The second kappa shape index (κ2) is 6.24. The highest BCUT2D eigenvalue weighted by Gasteiger charge is 2.36. The van der Waals surface area contributed by atoms with E-state index in [1.807, 2.05) is 13.0 Å². The van der Waals surface area contributed by atoms with Gasteiger partial charge in [0.25, 0.3) is 0 Å². The van der Waals surface area contributed by atoms with Gasteiger partial charge in [0.2, 0.25) is 11.8 Å². The predicted octanol–water partition coefficient (Wildman–Crippen LogP) is 0.663. The Morgan fingerprint density at radius 2 is 2.29 bits per heavy atom. The quantitative estimate of drug-likeness (QED) is 0.780. The summed E-state index contributed by atoms with van der Waals surface area (Å²) in [4.78, 5) is 25.3. The molecule has 0 aromatic carbocycles. The van der Waals surface area contributed by atoms with Gasteiger partial charge < -0.3 is 10.2 Å². The summed E-state index contributed by atoms with van der Waals surface area (Å²) in [6.07, 6.45) is 2.87. The van der Waals surface area contributed by atoms with Crippen LogP contribution in [0.15, 0.2) is 0 Å². The zero-order valence-electron chi connectivity index (χ0n) is 10.4. The summed E-state index contributed by atoms with van der Waals surface area (Å²) in [6.45, 7) is 2.52. The van der Waals surface area contributed by atoms with Crippen molar-refractivity contribution in [2.45, 2.75) is 38.6 Å². The lowest BCUT2D eigenvalue weighted by Gasteiger charge is -2.25. The van der Waals surface area contributed by atoms with Gasteiger partial charge in [0.05, 0.1) is 6.07 Å². The molecule has 1 fully saturated rings. The smallest absolute Gasteiger partial charge is 0.242 e. The molecule has 17 heavy (non-hydrogen) atoms. The second-order valence-corrected chi connectivity index (χ2v) is 4.27. The normalized spacial score (nSPS) is 20.8. The standard InChI is InChI=1S/C12H19N3O2/c1-3-5-9(8-13)12(17)15-7-4-6-10(15)11(16)14-2/h9-10H,3-7H2,1-2H3,(H,14,16). The molecule has 0 aliphatic carbocycles. The van der Waals surface area contributed by atoms with Crippen LogP contribution in [0, 0.1) is 17.2 Å². The van der Waals surface area contributed by atoms with Gasteiger partial charge in [-0.05, 0) is 19.3 Å². The predicted molar refractivity (Wildman–Crippen MR) is 62.8 cm³/mol. The van der Waals surface area contributed by atoms with Gasteiger partial charge >= 0.3 is 0 Å². The van der Waals surface area contributed by atoms with E-state index in [1.54, 1.807) is 11.9 Å². The lowest BCUT2D eigenvalue weighted by atomic mass is 10.0. The Bertz CT molecular complexity index is 335. The van der Waals surface area contributed by atoms with Gasteiger partial charge in [-0.15, -0.1) is 0 Å². The third-order valence-corrected chi connectivity index (χ3v) is 3.12. The first-order valence-corrected chi connectivity index (χ1v) is 6.07. The molecule has 2 atom stereocenters. The molecule has 1 rings (SSSR count). The number of nitrogens with zero attached hydrogens (tertiary/aromatic N) is 2. The van der Waals surface area contributed by atoms with Crippen molar-refractivity contribution in [3.8, 4) is 6.07 Å². The maximum atomic E-state index is 12.1. The molecule has 5 nitrogen and oxygen atoms in total. The van der Waals surface area contributed by atoms with Crippen LogP contribution in [0.5, 0.6) is 0 Å². The number of nitrogens with one attached hydrogen (secondary N) is 1. The number of hydrogen-bond acceptors (Lipinski definition) is 3. The van der Waals surface area contributed by atoms with Gasteiger partial charge in [-0.2, -0.15) is 5.26 Å². The van der Waals surface area contributed by atoms with Gasteiger partial charge in [-0.1, -0.05) is 13.3 Å². The number of nitriles is 1. The molecule has 1 N–H and O–H groups in total. The summed E-state index contributed by atoms with van der Waals surface area (Å²) in [7, 11) is 1.57. The van der Waals surface area contributed by atoms with Crippen LogP contribution in [0.1, 0.15) is 32.6 Å². The van der Waals surface area contributed by atoms with E-state index in [0.29, 0.717) is 19.4 Å². The summed E-state index contributed by atoms with van der Waals surface area (Å²) in [5.41, 5.74) is 0.